The Bertz CT molecular complexity index is 973. The van der Waals surface area contributed by atoms with Crippen LogP contribution in [0.25, 0.3) is 22.8 Å². The molecule has 0 N–H and O–H groups in total. The minimum atomic E-state index is 0.161. The number of aryl methyl sites for hydroxylation is 1. The Morgan fingerprint density at radius 1 is 1.37 bits per heavy atom. The lowest BCUT2D eigenvalue weighted by atomic mass is 9.94. The van der Waals surface area contributed by atoms with E-state index >= 15 is 0 Å². The summed E-state index contributed by atoms with van der Waals surface area (Å²) in [6.45, 7) is 3.21. The summed E-state index contributed by atoms with van der Waals surface area (Å²) >= 11 is 1.54. The molecular formula is C19H19N5O2S. The van der Waals surface area contributed by atoms with Crippen molar-refractivity contribution in [2.45, 2.75) is 19.9 Å². The minimum Gasteiger partial charge on any atom is -0.337 e. The first-order chi connectivity index (χ1) is 13.2. The summed E-state index contributed by atoms with van der Waals surface area (Å²) in [5.74, 6) is 1.62. The molecule has 8 heteroatoms. The highest BCUT2D eigenvalue weighted by Crippen LogP contribution is 2.31. The molecule has 0 radical (unpaired) electrons. The summed E-state index contributed by atoms with van der Waals surface area (Å²) in [5, 5.41) is 4.18. The third-order valence-corrected chi connectivity index (χ3v) is 5.17. The molecule has 0 unspecified atom stereocenters. The van der Waals surface area contributed by atoms with E-state index in [2.05, 4.69) is 20.1 Å². The number of hydrogen-bond acceptors (Lipinski definition) is 7. The second kappa shape index (κ2) is 7.48. The molecule has 4 rings (SSSR count). The molecule has 1 amide bonds. The fraction of sp³-hybridized carbons (Fsp3) is 0.316. The number of amides is 1. The average Bonchev–Trinajstić information content (AvgIpc) is 3.18. The molecule has 0 aromatic carbocycles. The van der Waals surface area contributed by atoms with Crippen molar-refractivity contribution < 1.29 is 9.32 Å². The number of pyridine rings is 2. The van der Waals surface area contributed by atoms with Gasteiger partial charge in [-0.05, 0) is 42.9 Å². The molecule has 0 saturated carbocycles. The van der Waals surface area contributed by atoms with Gasteiger partial charge >= 0.3 is 0 Å². The summed E-state index contributed by atoms with van der Waals surface area (Å²) in [4.78, 5) is 27.3. The van der Waals surface area contributed by atoms with Crippen LogP contribution < -0.4 is 0 Å². The van der Waals surface area contributed by atoms with Crippen molar-refractivity contribution in [1.82, 2.24) is 25.0 Å². The van der Waals surface area contributed by atoms with Gasteiger partial charge in [-0.25, -0.2) is 0 Å². The molecule has 3 aromatic rings. The third-order valence-electron chi connectivity index (χ3n) is 4.64. The maximum atomic E-state index is 12.2. The van der Waals surface area contributed by atoms with Crippen LogP contribution >= 0.6 is 11.8 Å². The molecule has 1 aliphatic rings. The zero-order valence-electron chi connectivity index (χ0n) is 15.2. The third kappa shape index (κ3) is 3.44. The molecule has 0 fully saturated rings. The first kappa shape index (κ1) is 17.7. The average molecular weight is 381 g/mol. The van der Waals surface area contributed by atoms with Crippen molar-refractivity contribution in [2.24, 2.45) is 0 Å². The highest BCUT2D eigenvalue weighted by atomic mass is 32.2. The second-order valence-corrected chi connectivity index (χ2v) is 7.25. The van der Waals surface area contributed by atoms with Crippen molar-refractivity contribution in [3.63, 3.8) is 0 Å². The largest absolute Gasteiger partial charge is 0.337 e. The molecule has 0 aliphatic carbocycles. The van der Waals surface area contributed by atoms with Crippen LogP contribution in [0.1, 0.15) is 16.8 Å². The van der Waals surface area contributed by atoms with E-state index in [1.807, 2.05) is 36.4 Å². The molecule has 138 valence electrons. The van der Waals surface area contributed by atoms with Crippen LogP contribution in [0.3, 0.4) is 0 Å². The van der Waals surface area contributed by atoms with Gasteiger partial charge in [0.25, 0.3) is 5.89 Å². The smallest absolute Gasteiger partial charge is 0.259 e. The zero-order chi connectivity index (χ0) is 18.8. The lowest BCUT2D eigenvalue weighted by Crippen LogP contribution is -2.37. The predicted molar refractivity (Wildman–Crippen MR) is 103 cm³/mol. The number of thioether (sulfide) groups is 1. The van der Waals surface area contributed by atoms with Crippen molar-refractivity contribution in [2.75, 3.05) is 18.6 Å². The SMILES string of the molecule is CSCC(=O)N1CCc2c(cnc(C)c2-c2noc(-c3cccnc3)n2)C1. The number of fused-ring (bicyclic) bond motifs is 1. The Balaban J connectivity index is 1.68. The molecule has 4 heterocycles. The number of carbonyl (C=O) groups excluding carboxylic acids is 1. The van der Waals surface area contributed by atoms with Crippen LogP contribution in [-0.4, -0.2) is 49.5 Å². The molecule has 0 atom stereocenters. The van der Waals surface area contributed by atoms with Crippen LogP contribution in [0.15, 0.2) is 35.2 Å². The minimum absolute atomic E-state index is 0.161. The molecule has 7 nitrogen and oxygen atoms in total. The molecular weight excluding hydrogens is 362 g/mol. The van der Waals surface area contributed by atoms with Gasteiger partial charge in [-0.1, -0.05) is 5.16 Å². The van der Waals surface area contributed by atoms with Crippen LogP contribution in [0.4, 0.5) is 0 Å². The number of carbonyl (C=O) groups is 1. The predicted octanol–water partition coefficient (Wildman–Crippen LogP) is 2.75. The summed E-state index contributed by atoms with van der Waals surface area (Å²) < 4.78 is 5.45. The molecule has 27 heavy (non-hydrogen) atoms. The van der Waals surface area contributed by atoms with Gasteiger partial charge in [0.2, 0.25) is 11.7 Å². The number of nitrogens with zero attached hydrogens (tertiary/aromatic N) is 5. The van der Waals surface area contributed by atoms with Crippen LogP contribution in [0.2, 0.25) is 0 Å². The van der Waals surface area contributed by atoms with Crippen molar-refractivity contribution in [1.29, 1.82) is 0 Å². The van der Waals surface area contributed by atoms with Gasteiger partial charge in [0, 0.05) is 42.9 Å². The zero-order valence-corrected chi connectivity index (χ0v) is 16.0. The Labute approximate surface area is 161 Å². The van der Waals surface area contributed by atoms with E-state index in [1.165, 1.54) is 0 Å². The lowest BCUT2D eigenvalue weighted by molar-refractivity contribution is -0.129. The van der Waals surface area contributed by atoms with Gasteiger partial charge in [0.05, 0.1) is 11.3 Å². The molecule has 0 spiro atoms. The van der Waals surface area contributed by atoms with E-state index in [4.69, 9.17) is 4.52 Å². The normalized spacial score (nSPS) is 13.5. The fourth-order valence-electron chi connectivity index (χ4n) is 3.31. The van der Waals surface area contributed by atoms with Crippen LogP contribution in [0, 0.1) is 6.92 Å². The van der Waals surface area contributed by atoms with E-state index in [0.717, 1.165) is 34.4 Å². The van der Waals surface area contributed by atoms with E-state index in [1.54, 1.807) is 24.2 Å². The Morgan fingerprint density at radius 3 is 3.04 bits per heavy atom. The van der Waals surface area contributed by atoms with Crippen molar-refractivity contribution in [3.8, 4) is 22.8 Å². The highest BCUT2D eigenvalue weighted by molar-refractivity contribution is 7.99. The molecule has 0 saturated heterocycles. The maximum Gasteiger partial charge on any atom is 0.259 e. The van der Waals surface area contributed by atoms with E-state index in [9.17, 15) is 4.79 Å². The topological polar surface area (TPSA) is 85.0 Å². The van der Waals surface area contributed by atoms with Crippen molar-refractivity contribution >= 4 is 17.7 Å². The van der Waals surface area contributed by atoms with E-state index in [-0.39, 0.29) is 5.91 Å². The lowest BCUT2D eigenvalue weighted by Gasteiger charge is -2.29. The summed E-state index contributed by atoms with van der Waals surface area (Å²) in [6.07, 6.45) is 7.94. The number of rotatable bonds is 4. The van der Waals surface area contributed by atoms with E-state index < -0.39 is 0 Å². The quantitative estimate of drug-likeness (QED) is 0.687. The summed E-state index contributed by atoms with van der Waals surface area (Å²) in [7, 11) is 0. The fourth-order valence-corrected chi connectivity index (χ4v) is 3.73. The van der Waals surface area contributed by atoms with Gasteiger partial charge in [-0.3, -0.25) is 14.8 Å². The van der Waals surface area contributed by atoms with Gasteiger partial charge in [0.15, 0.2) is 0 Å². The Hall–Kier alpha value is -2.74. The van der Waals surface area contributed by atoms with Gasteiger partial charge in [-0.15, -0.1) is 0 Å². The first-order valence-corrected chi connectivity index (χ1v) is 10.1. The van der Waals surface area contributed by atoms with Gasteiger partial charge in [-0.2, -0.15) is 16.7 Å². The van der Waals surface area contributed by atoms with Crippen LogP contribution in [-0.2, 0) is 17.8 Å². The molecule has 3 aromatic heterocycles. The van der Waals surface area contributed by atoms with E-state index in [0.29, 0.717) is 30.6 Å². The van der Waals surface area contributed by atoms with Crippen molar-refractivity contribution in [3.05, 3.63) is 47.5 Å². The number of hydrogen-bond donors (Lipinski definition) is 0. The Morgan fingerprint density at radius 2 is 2.26 bits per heavy atom. The maximum absolute atomic E-state index is 12.2. The standard InChI is InChI=1S/C19H19N5O2S/c1-12-17(18-22-19(26-23-18)13-4-3-6-20-8-13)15-5-7-24(16(25)11-27-2)10-14(15)9-21-12/h3-4,6,8-9H,5,7,10-11H2,1-2H3. The summed E-state index contributed by atoms with van der Waals surface area (Å²) in [5.41, 5.74) is 4.73. The second-order valence-electron chi connectivity index (χ2n) is 6.39. The monoisotopic (exact) mass is 381 g/mol. The van der Waals surface area contributed by atoms with Gasteiger partial charge < -0.3 is 9.42 Å². The molecule has 1 aliphatic heterocycles. The Kier molecular flexibility index (Phi) is 4.89. The number of aromatic nitrogens is 4. The highest BCUT2D eigenvalue weighted by Gasteiger charge is 2.26. The molecule has 0 bridgehead atoms. The summed E-state index contributed by atoms with van der Waals surface area (Å²) in [6, 6.07) is 3.71. The first-order valence-electron chi connectivity index (χ1n) is 8.66. The van der Waals surface area contributed by atoms with Crippen LogP contribution in [0.5, 0.6) is 0 Å². The van der Waals surface area contributed by atoms with Gasteiger partial charge in [0.1, 0.15) is 0 Å².